The highest BCUT2D eigenvalue weighted by atomic mass is 16.5. The second kappa shape index (κ2) is 7.09. The average Bonchev–Trinajstić information content (AvgIpc) is 2.78. The Labute approximate surface area is 101 Å². The quantitative estimate of drug-likeness (QED) is 0.659. The highest BCUT2D eigenvalue weighted by Gasteiger charge is 2.09. The number of amides is 1. The first-order chi connectivity index (χ1) is 8.09. The molecule has 1 aromatic rings. The number of aliphatic hydroxyl groups excluding tert-OH is 1. The van der Waals surface area contributed by atoms with E-state index in [1.54, 1.807) is 18.3 Å². The van der Waals surface area contributed by atoms with Gasteiger partial charge in [0, 0.05) is 19.3 Å². The smallest absolute Gasteiger partial charge is 0.267 e. The summed E-state index contributed by atoms with van der Waals surface area (Å²) in [5.41, 5.74) is 0.486. The third-order valence-electron chi connectivity index (χ3n) is 2.10. The molecule has 17 heavy (non-hydrogen) atoms. The molecule has 0 saturated carbocycles. The zero-order chi connectivity index (χ0) is 12.7. The second-order valence-corrected chi connectivity index (χ2v) is 4.38. The molecular formula is C12H20N2O3. The summed E-state index contributed by atoms with van der Waals surface area (Å²) < 4.78 is 5.27. The predicted octanol–water partition coefficient (Wildman–Crippen LogP) is 0.778. The zero-order valence-corrected chi connectivity index (χ0v) is 10.3. The van der Waals surface area contributed by atoms with Gasteiger partial charge in [0.15, 0.2) is 0 Å². The van der Waals surface area contributed by atoms with Crippen molar-refractivity contribution in [2.24, 2.45) is 5.92 Å². The van der Waals surface area contributed by atoms with E-state index in [0.29, 0.717) is 18.2 Å². The minimum atomic E-state index is -0.673. The molecule has 1 heterocycles. The van der Waals surface area contributed by atoms with Gasteiger partial charge in [0.2, 0.25) is 0 Å². The van der Waals surface area contributed by atoms with Gasteiger partial charge in [-0.25, -0.2) is 0 Å². The van der Waals surface area contributed by atoms with E-state index in [0.717, 1.165) is 0 Å². The summed E-state index contributed by atoms with van der Waals surface area (Å²) in [4.78, 5) is 14.3. The number of carbonyl (C=O) groups excluding carboxylic acids is 1. The Balaban J connectivity index is 2.15. The lowest BCUT2D eigenvalue weighted by Crippen LogP contribution is -2.35. The highest BCUT2D eigenvalue weighted by Crippen LogP contribution is 1.95. The summed E-state index contributed by atoms with van der Waals surface area (Å²) in [5, 5.41) is 12.2. The minimum absolute atomic E-state index is 0.190. The predicted molar refractivity (Wildman–Crippen MR) is 64.8 cm³/mol. The summed E-state index contributed by atoms with van der Waals surface area (Å²) in [6, 6.07) is 3.42. The zero-order valence-electron chi connectivity index (χ0n) is 10.3. The van der Waals surface area contributed by atoms with E-state index >= 15 is 0 Å². The Morgan fingerprint density at radius 2 is 2.29 bits per heavy atom. The molecule has 0 aliphatic carbocycles. The van der Waals surface area contributed by atoms with Gasteiger partial charge in [0.05, 0.1) is 12.7 Å². The second-order valence-electron chi connectivity index (χ2n) is 4.38. The molecule has 0 aliphatic heterocycles. The lowest BCUT2D eigenvalue weighted by Gasteiger charge is -2.13. The normalized spacial score (nSPS) is 12.7. The largest absolute Gasteiger partial charge is 0.389 e. The maximum absolute atomic E-state index is 11.5. The number of hydrogen-bond donors (Lipinski definition) is 3. The summed E-state index contributed by atoms with van der Waals surface area (Å²) in [5.74, 6) is 0.216. The van der Waals surface area contributed by atoms with Gasteiger partial charge in [0.1, 0.15) is 5.69 Å². The van der Waals surface area contributed by atoms with Gasteiger partial charge in [0.25, 0.3) is 5.91 Å². The van der Waals surface area contributed by atoms with E-state index in [4.69, 9.17) is 4.74 Å². The van der Waals surface area contributed by atoms with Crippen LogP contribution < -0.4 is 5.32 Å². The number of H-pyrrole nitrogens is 1. The van der Waals surface area contributed by atoms with Crippen molar-refractivity contribution < 1.29 is 14.6 Å². The van der Waals surface area contributed by atoms with Gasteiger partial charge >= 0.3 is 0 Å². The van der Waals surface area contributed by atoms with Gasteiger partial charge < -0.3 is 20.1 Å². The summed E-state index contributed by atoms with van der Waals surface area (Å²) in [6.07, 6.45) is 1.00. The van der Waals surface area contributed by atoms with Crippen LogP contribution in [0, 0.1) is 5.92 Å². The van der Waals surface area contributed by atoms with Crippen molar-refractivity contribution in [3.8, 4) is 0 Å². The molecule has 0 saturated heterocycles. The van der Waals surface area contributed by atoms with Gasteiger partial charge in [-0.1, -0.05) is 13.8 Å². The number of ether oxygens (including phenoxy) is 1. The van der Waals surface area contributed by atoms with Crippen molar-refractivity contribution in [1.82, 2.24) is 10.3 Å². The first-order valence-electron chi connectivity index (χ1n) is 5.77. The van der Waals surface area contributed by atoms with Crippen molar-refractivity contribution in [2.45, 2.75) is 20.0 Å². The summed E-state index contributed by atoms with van der Waals surface area (Å²) >= 11 is 0. The number of aromatic amines is 1. The molecule has 0 unspecified atom stereocenters. The Kier molecular flexibility index (Phi) is 5.72. The first-order valence-corrected chi connectivity index (χ1v) is 5.77. The number of nitrogens with one attached hydrogen (secondary N) is 2. The van der Waals surface area contributed by atoms with Crippen LogP contribution >= 0.6 is 0 Å². The summed E-state index contributed by atoms with van der Waals surface area (Å²) in [7, 11) is 0. The molecule has 1 atom stereocenters. The molecule has 1 amide bonds. The fourth-order valence-electron chi connectivity index (χ4n) is 1.28. The fraction of sp³-hybridized carbons (Fsp3) is 0.583. The van der Waals surface area contributed by atoms with Crippen LogP contribution in [0.3, 0.4) is 0 Å². The molecule has 1 aromatic heterocycles. The molecule has 0 radical (unpaired) electrons. The van der Waals surface area contributed by atoms with E-state index in [1.165, 1.54) is 0 Å². The topological polar surface area (TPSA) is 74.3 Å². The first kappa shape index (κ1) is 13.7. The van der Waals surface area contributed by atoms with Gasteiger partial charge in [-0.05, 0) is 18.1 Å². The molecule has 5 heteroatoms. The van der Waals surface area contributed by atoms with Crippen LogP contribution in [0.15, 0.2) is 18.3 Å². The maximum atomic E-state index is 11.5. The van der Waals surface area contributed by atoms with E-state index in [-0.39, 0.29) is 19.1 Å². The molecule has 1 rings (SSSR count). The number of hydrogen-bond acceptors (Lipinski definition) is 3. The molecule has 0 spiro atoms. The Morgan fingerprint density at radius 1 is 1.53 bits per heavy atom. The van der Waals surface area contributed by atoms with E-state index < -0.39 is 6.10 Å². The number of aliphatic hydroxyl groups is 1. The molecule has 3 N–H and O–H groups in total. The summed E-state index contributed by atoms with van der Waals surface area (Å²) in [6.45, 7) is 5.12. The minimum Gasteiger partial charge on any atom is -0.389 e. The Hall–Kier alpha value is -1.33. The monoisotopic (exact) mass is 240 g/mol. The molecule has 0 bridgehead atoms. The van der Waals surface area contributed by atoms with Crippen molar-refractivity contribution >= 4 is 5.91 Å². The van der Waals surface area contributed by atoms with Crippen molar-refractivity contribution in [3.05, 3.63) is 24.0 Å². The molecule has 0 fully saturated rings. The Bertz CT molecular complexity index is 323. The lowest BCUT2D eigenvalue weighted by atomic mass is 10.2. The van der Waals surface area contributed by atoms with Gasteiger partial charge in [-0.2, -0.15) is 0 Å². The maximum Gasteiger partial charge on any atom is 0.267 e. The van der Waals surface area contributed by atoms with Crippen LogP contribution in [0.2, 0.25) is 0 Å². The van der Waals surface area contributed by atoms with Crippen LogP contribution in [-0.2, 0) is 4.74 Å². The highest BCUT2D eigenvalue weighted by molar-refractivity contribution is 5.92. The van der Waals surface area contributed by atoms with Crippen molar-refractivity contribution in [3.63, 3.8) is 0 Å². The SMILES string of the molecule is CC(C)COC[C@H](O)CNC(=O)c1ccc[nH]1. The van der Waals surface area contributed by atoms with Crippen LogP contribution in [0.4, 0.5) is 0 Å². The standard InChI is InChI=1S/C12H20N2O3/c1-9(2)7-17-8-10(15)6-14-12(16)11-4-3-5-13-11/h3-5,9-10,13,15H,6-8H2,1-2H3,(H,14,16)/t10-/m1/s1. The van der Waals surface area contributed by atoms with E-state index in [2.05, 4.69) is 10.3 Å². The van der Waals surface area contributed by atoms with Crippen LogP contribution in [0.1, 0.15) is 24.3 Å². The third kappa shape index (κ3) is 5.51. The van der Waals surface area contributed by atoms with Gasteiger partial charge in [-0.15, -0.1) is 0 Å². The molecule has 0 aliphatic rings. The Morgan fingerprint density at radius 3 is 2.88 bits per heavy atom. The molecule has 0 aromatic carbocycles. The van der Waals surface area contributed by atoms with Crippen molar-refractivity contribution in [1.29, 1.82) is 0 Å². The number of aromatic nitrogens is 1. The fourth-order valence-corrected chi connectivity index (χ4v) is 1.28. The average molecular weight is 240 g/mol. The third-order valence-corrected chi connectivity index (χ3v) is 2.10. The van der Waals surface area contributed by atoms with Crippen LogP contribution in [0.5, 0.6) is 0 Å². The molecular weight excluding hydrogens is 220 g/mol. The van der Waals surface area contributed by atoms with E-state index in [1.807, 2.05) is 13.8 Å². The number of rotatable bonds is 7. The molecule has 5 nitrogen and oxygen atoms in total. The van der Waals surface area contributed by atoms with E-state index in [9.17, 15) is 9.90 Å². The van der Waals surface area contributed by atoms with Crippen LogP contribution in [-0.4, -0.2) is 41.9 Å². The lowest BCUT2D eigenvalue weighted by molar-refractivity contribution is 0.0259. The number of carbonyl (C=O) groups is 1. The van der Waals surface area contributed by atoms with Crippen LogP contribution in [0.25, 0.3) is 0 Å². The van der Waals surface area contributed by atoms with Gasteiger partial charge in [-0.3, -0.25) is 4.79 Å². The molecule has 96 valence electrons. The van der Waals surface area contributed by atoms with Crippen molar-refractivity contribution in [2.75, 3.05) is 19.8 Å².